The van der Waals surface area contributed by atoms with E-state index in [2.05, 4.69) is 85.4 Å². The number of H-pyrrole nitrogens is 2. The van der Waals surface area contributed by atoms with Crippen LogP contribution in [-0.4, -0.2) is 168 Å². The standard InChI is InChI=1S/C23H22N4O2.C16H17NO3.C14H13NO3.C10H12INO3.C9H11N3.C8H8INO3.C6H7BO2.HI/c1-3-29-20-12-19(13-24-22(20)16-8-5-4-6-9-16)23(28)27(2)15-18-11-7-10-17-14-25-26-21(17)18;1-3-19-14-10-13(16(18)20-4-2)11-17-15(14)12-8-6-5-7-9-12;1-2-18-12-8-11(14(16)17)9-15-13(12)10-6-4-3-5-7-10;1-3-14-8-5-7(6-12-9(8)11)10(13)15-4-2;1-10-5-7-3-2-4-8-6-11-12-9(7)8;1-2-13-8(12)5-3-6(11)7(9)10-4-5;8-7(9)6-4-2-1-3-5-6;/h4-14H,3,15H2,1-2H3,(H,25,26);5-11H,3-4H2,1-2H3;3-9H,2H2,1H3,(H,16,17);5-6H,3-4H2,1-2H3;2-4,6,10H,5H2,1H3,(H,11,12);3-4,11H,2H2,1H3;1-5,8-9H;1H. The van der Waals surface area contributed by atoms with Gasteiger partial charge in [0, 0.05) is 78.6 Å². The maximum Gasteiger partial charge on any atom is 0.488 e. The average Bonchev–Trinajstić information content (AvgIpc) is 1.58. The molecule has 0 saturated carbocycles. The number of nitrogens with zero attached hydrogens (tertiary/aromatic N) is 8. The molecule has 13 aromatic rings. The summed E-state index contributed by atoms with van der Waals surface area (Å²) in [6.07, 6.45) is 11.0. The molecule has 0 aliphatic carbocycles. The zero-order valence-electron chi connectivity index (χ0n) is 65.8. The van der Waals surface area contributed by atoms with Crippen molar-refractivity contribution in [2.24, 2.45) is 0 Å². The van der Waals surface area contributed by atoms with E-state index in [-0.39, 0.29) is 58.7 Å². The van der Waals surface area contributed by atoms with E-state index in [4.69, 9.17) is 48.3 Å². The van der Waals surface area contributed by atoms with Crippen LogP contribution in [0.2, 0.25) is 0 Å². The van der Waals surface area contributed by atoms with Crippen molar-refractivity contribution < 1.29 is 77.4 Å². The molecular formula is C86H91BI3N11O16. The third kappa shape index (κ3) is 29.3. The number of rotatable bonds is 24. The molecule has 7 aromatic heterocycles. The van der Waals surface area contributed by atoms with Gasteiger partial charge in [0.25, 0.3) is 5.91 Å². The molecule has 0 atom stereocenters. The van der Waals surface area contributed by atoms with Gasteiger partial charge < -0.3 is 63.6 Å². The molecule has 0 spiro atoms. The summed E-state index contributed by atoms with van der Waals surface area (Å²) < 4.78 is 37.9. The van der Waals surface area contributed by atoms with Crippen molar-refractivity contribution in [1.29, 1.82) is 0 Å². The van der Waals surface area contributed by atoms with Crippen LogP contribution in [0.1, 0.15) is 111 Å². The minimum atomic E-state index is -1.34. The molecule has 13 rings (SSSR count). The van der Waals surface area contributed by atoms with Crippen LogP contribution in [0.3, 0.4) is 0 Å². The largest absolute Gasteiger partial charge is 0.505 e. The van der Waals surface area contributed by atoms with Crippen molar-refractivity contribution in [3.63, 3.8) is 0 Å². The maximum absolute atomic E-state index is 13.0. The minimum absolute atomic E-state index is 0. The lowest BCUT2D eigenvalue weighted by Crippen LogP contribution is -2.29. The first kappa shape index (κ1) is 94.3. The summed E-state index contributed by atoms with van der Waals surface area (Å²) in [5, 5.41) is 54.7. The lowest BCUT2D eigenvalue weighted by Gasteiger charge is -2.19. The Morgan fingerprint density at radius 2 is 0.795 bits per heavy atom. The summed E-state index contributed by atoms with van der Waals surface area (Å²) in [7, 11) is 2.38. The fourth-order valence-electron chi connectivity index (χ4n) is 10.6. The Labute approximate surface area is 722 Å². The highest BCUT2D eigenvalue weighted by Crippen LogP contribution is 2.33. The molecule has 6 aromatic carbocycles. The number of para-hydroxylation sites is 2. The molecule has 610 valence electrons. The van der Waals surface area contributed by atoms with Crippen LogP contribution in [0.5, 0.6) is 28.7 Å². The summed E-state index contributed by atoms with van der Waals surface area (Å²) in [6, 6.07) is 57.8. The molecule has 1 amide bonds. The second kappa shape index (κ2) is 50.8. The number of fused-ring (bicyclic) bond motifs is 2. The Balaban J connectivity index is 0.000000218. The molecular weight excluding hydrogens is 1830 g/mol. The molecule has 31 heteroatoms. The van der Waals surface area contributed by atoms with E-state index in [1.165, 1.54) is 47.9 Å². The van der Waals surface area contributed by atoms with Gasteiger partial charge in [0.05, 0.1) is 97.5 Å². The smallest absolute Gasteiger partial charge is 0.488 e. The van der Waals surface area contributed by atoms with Crippen LogP contribution < -0.4 is 29.7 Å². The van der Waals surface area contributed by atoms with Gasteiger partial charge in [-0.15, -0.1) is 24.0 Å². The van der Waals surface area contributed by atoms with E-state index in [0.717, 1.165) is 60.3 Å². The number of esters is 3. The topological polar surface area (TPSA) is 368 Å². The lowest BCUT2D eigenvalue weighted by atomic mass is 9.81. The Hall–Kier alpha value is -11.5. The van der Waals surface area contributed by atoms with Crippen molar-refractivity contribution in [2.75, 3.05) is 60.3 Å². The van der Waals surface area contributed by atoms with Gasteiger partial charge in [-0.1, -0.05) is 158 Å². The van der Waals surface area contributed by atoms with Gasteiger partial charge >= 0.3 is 31.0 Å². The summed E-state index contributed by atoms with van der Waals surface area (Å²) in [6.45, 7) is 17.2. The molecule has 0 radical (unpaired) electrons. The number of aromatic hydroxyl groups is 1. The van der Waals surface area contributed by atoms with Gasteiger partial charge in [0.1, 0.15) is 47.5 Å². The Morgan fingerprint density at radius 3 is 1.20 bits per heavy atom. The van der Waals surface area contributed by atoms with Crippen LogP contribution in [0.25, 0.3) is 55.6 Å². The normalized spacial score (nSPS) is 10.1. The number of nitrogens with one attached hydrogen (secondary N) is 3. The Kier molecular flexibility index (Phi) is 40.9. The summed E-state index contributed by atoms with van der Waals surface area (Å²) >= 11 is 3.93. The van der Waals surface area contributed by atoms with Crippen molar-refractivity contribution in [2.45, 2.75) is 61.6 Å². The second-order valence-electron chi connectivity index (χ2n) is 24.0. The number of carboxylic acids is 1. The zero-order chi connectivity index (χ0) is 83.7. The summed E-state index contributed by atoms with van der Waals surface area (Å²) in [4.78, 5) is 80.8. The number of amides is 1. The molecule has 0 saturated heterocycles. The third-order valence-corrected chi connectivity index (χ3v) is 17.5. The van der Waals surface area contributed by atoms with Crippen LogP contribution in [0, 0.1) is 7.40 Å². The third-order valence-electron chi connectivity index (χ3n) is 15.9. The van der Waals surface area contributed by atoms with Crippen molar-refractivity contribution in [3.05, 3.63) is 278 Å². The molecule has 0 aliphatic rings. The molecule has 117 heavy (non-hydrogen) atoms. The number of carbonyl (C=O) groups is 5. The van der Waals surface area contributed by atoms with Crippen molar-refractivity contribution in [1.82, 2.24) is 55.5 Å². The first-order chi connectivity index (χ1) is 56.2. The van der Waals surface area contributed by atoms with E-state index in [0.29, 0.717) is 107 Å². The number of halogens is 3. The number of carbonyl (C=O) groups excluding carboxylic acids is 4. The first-order valence-electron chi connectivity index (χ1n) is 36.8. The lowest BCUT2D eigenvalue weighted by molar-refractivity contribution is 0.0516. The number of aromatic nitrogens is 9. The molecule has 0 unspecified atom stereocenters. The van der Waals surface area contributed by atoms with E-state index >= 15 is 0 Å². The van der Waals surface area contributed by atoms with E-state index in [1.54, 1.807) is 87.6 Å². The molecule has 0 bridgehead atoms. The van der Waals surface area contributed by atoms with Gasteiger partial charge in [-0.05, 0) is 148 Å². The van der Waals surface area contributed by atoms with E-state index in [1.807, 2.05) is 185 Å². The number of aromatic amines is 2. The highest BCUT2D eigenvalue weighted by Gasteiger charge is 2.20. The molecule has 0 aliphatic heterocycles. The fraction of sp³-hybridized carbons (Fsp3) is 0.209. The number of hydrogen-bond acceptors (Lipinski definition) is 23. The summed E-state index contributed by atoms with van der Waals surface area (Å²) in [5.74, 6) is -0.0708. The monoisotopic (exact) mass is 1930 g/mol. The quantitative estimate of drug-likeness (QED) is 0.00971. The Bertz CT molecular complexity index is 5260. The fourth-order valence-corrected chi connectivity index (χ4v) is 11.4. The summed E-state index contributed by atoms with van der Waals surface area (Å²) in [5.41, 5.74) is 11.5. The van der Waals surface area contributed by atoms with E-state index in [9.17, 15) is 29.1 Å². The van der Waals surface area contributed by atoms with E-state index < -0.39 is 19.1 Å². The predicted octanol–water partition coefficient (Wildman–Crippen LogP) is 15.6. The zero-order valence-corrected chi connectivity index (χ0v) is 72.5. The number of benzene rings is 6. The molecule has 7 heterocycles. The van der Waals surface area contributed by atoms with Gasteiger partial charge in [-0.25, -0.2) is 29.1 Å². The molecule has 27 nitrogen and oxygen atoms in total. The van der Waals surface area contributed by atoms with Crippen LogP contribution >= 0.6 is 69.2 Å². The van der Waals surface area contributed by atoms with Gasteiger partial charge in [0.15, 0.2) is 5.75 Å². The number of carboxylic acid groups (broad SMARTS) is 1. The Morgan fingerprint density at radius 1 is 0.436 bits per heavy atom. The number of aromatic carboxylic acids is 1. The highest BCUT2D eigenvalue weighted by atomic mass is 127. The van der Waals surface area contributed by atoms with Gasteiger partial charge in [-0.3, -0.25) is 29.9 Å². The van der Waals surface area contributed by atoms with Gasteiger partial charge in [0.2, 0.25) is 0 Å². The van der Waals surface area contributed by atoms with Gasteiger partial charge in [-0.2, -0.15) is 10.2 Å². The maximum atomic E-state index is 13.0. The molecule has 0 fully saturated rings. The average molecular weight is 1930 g/mol. The number of ether oxygens (including phenoxy) is 7. The second-order valence-corrected chi connectivity index (χ2v) is 26.1. The molecule has 7 N–H and O–H groups in total. The minimum Gasteiger partial charge on any atom is -0.505 e. The van der Waals surface area contributed by atoms with Crippen molar-refractivity contribution in [3.8, 4) is 62.5 Å². The van der Waals surface area contributed by atoms with Crippen LogP contribution in [-0.2, 0) is 27.3 Å². The highest BCUT2D eigenvalue weighted by molar-refractivity contribution is 14.1. The van der Waals surface area contributed by atoms with Crippen LogP contribution in [0.15, 0.2) is 231 Å². The predicted molar refractivity (Wildman–Crippen MR) is 477 cm³/mol. The van der Waals surface area contributed by atoms with Crippen molar-refractivity contribution >= 4 is 133 Å². The number of hydrogen-bond donors (Lipinski definition) is 7. The first-order valence-corrected chi connectivity index (χ1v) is 38.9. The number of pyridine rings is 5. The van der Waals surface area contributed by atoms with Crippen LogP contribution in [0.4, 0.5) is 0 Å². The SMILES string of the molecule is CCOC(=O)c1cnc(-c2ccccc2)c(OCC)c1.CCOC(=O)c1cnc(I)c(O)c1.CCOC(=O)c1cnc(I)c(OCC)c1.CCOc1cc(C(=O)N(C)Cc2cccc3cn[nH]c23)cnc1-c1ccccc1.CCOc1cc(C(=O)O)cnc1-c1ccccc1.CNCc1cccc2cn[nH]c12.I.OB(O)c1ccccc1.